The van der Waals surface area contributed by atoms with Crippen molar-refractivity contribution in [2.75, 3.05) is 5.32 Å². The second-order valence-corrected chi connectivity index (χ2v) is 4.38. The van der Waals surface area contributed by atoms with E-state index in [1.165, 1.54) is 24.3 Å². The second-order valence-electron chi connectivity index (χ2n) is 2.82. The van der Waals surface area contributed by atoms with Gasteiger partial charge in [0.1, 0.15) is 5.82 Å². The van der Waals surface area contributed by atoms with Crippen LogP contribution in [-0.4, -0.2) is 16.1 Å². The maximum absolute atomic E-state index is 12.6. The van der Waals surface area contributed by atoms with Gasteiger partial charge in [0.2, 0.25) is 9.47 Å². The summed E-state index contributed by atoms with van der Waals surface area (Å²) < 4.78 is 12.8. The topological polar surface area (TPSA) is 54.9 Å². The summed E-state index contributed by atoms with van der Waals surface area (Å²) in [5.74, 6) is -0.784. The largest absolute Gasteiger partial charge is 0.320 e. The molecule has 1 N–H and O–H groups in total. The zero-order chi connectivity index (χ0) is 11.5. The van der Waals surface area contributed by atoms with Gasteiger partial charge in [-0.15, -0.1) is 10.2 Å². The summed E-state index contributed by atoms with van der Waals surface area (Å²) in [6.45, 7) is 0. The van der Waals surface area contributed by atoms with Gasteiger partial charge in [-0.25, -0.2) is 4.39 Å². The molecular weight excluding hydrogens is 253 g/mol. The smallest absolute Gasteiger partial charge is 0.286 e. The number of carbonyl (C=O) groups is 1. The minimum atomic E-state index is -0.420. The zero-order valence-electron chi connectivity index (χ0n) is 7.78. The zero-order valence-corrected chi connectivity index (χ0v) is 9.35. The van der Waals surface area contributed by atoms with Gasteiger partial charge in [0.15, 0.2) is 0 Å². The van der Waals surface area contributed by atoms with Crippen molar-refractivity contribution >= 4 is 34.5 Å². The number of amides is 1. The number of hydrogen-bond donors (Lipinski definition) is 1. The quantitative estimate of drug-likeness (QED) is 0.900. The molecule has 7 heteroatoms. The maximum Gasteiger partial charge on any atom is 0.286 e. The van der Waals surface area contributed by atoms with E-state index in [9.17, 15) is 9.18 Å². The Morgan fingerprint density at radius 3 is 2.56 bits per heavy atom. The summed E-state index contributed by atoms with van der Waals surface area (Å²) in [5, 5.41) is 9.79. The van der Waals surface area contributed by atoms with Crippen molar-refractivity contribution in [3.63, 3.8) is 0 Å². The van der Waals surface area contributed by atoms with Crippen molar-refractivity contribution < 1.29 is 9.18 Å². The Morgan fingerprint density at radius 2 is 2.00 bits per heavy atom. The first-order valence-corrected chi connectivity index (χ1v) is 5.40. The van der Waals surface area contributed by atoms with Gasteiger partial charge in [-0.05, 0) is 35.9 Å². The average Bonchev–Trinajstić information content (AvgIpc) is 2.68. The molecule has 1 aromatic carbocycles. The second kappa shape index (κ2) is 4.54. The Balaban J connectivity index is 2.10. The van der Waals surface area contributed by atoms with E-state index in [0.29, 0.717) is 5.69 Å². The van der Waals surface area contributed by atoms with Gasteiger partial charge in [0.25, 0.3) is 5.91 Å². The number of rotatable bonds is 2. The Hall–Kier alpha value is -1.53. The summed E-state index contributed by atoms with van der Waals surface area (Å²) in [7, 11) is 0. The van der Waals surface area contributed by atoms with Gasteiger partial charge in [-0.1, -0.05) is 11.3 Å². The van der Waals surface area contributed by atoms with E-state index in [2.05, 4.69) is 15.5 Å². The number of anilines is 1. The van der Waals surface area contributed by atoms with E-state index in [-0.39, 0.29) is 15.3 Å². The Kier molecular flexibility index (Phi) is 3.12. The van der Waals surface area contributed by atoms with E-state index in [1.54, 1.807) is 0 Å². The molecule has 2 aromatic rings. The lowest BCUT2D eigenvalue weighted by Gasteiger charge is -2.01. The van der Waals surface area contributed by atoms with Crippen molar-refractivity contribution in [1.29, 1.82) is 0 Å². The molecule has 0 aliphatic carbocycles. The van der Waals surface area contributed by atoms with Crippen LogP contribution in [0.15, 0.2) is 24.3 Å². The van der Waals surface area contributed by atoms with Crippen LogP contribution in [0.25, 0.3) is 0 Å². The van der Waals surface area contributed by atoms with E-state index >= 15 is 0 Å². The Morgan fingerprint density at radius 1 is 1.31 bits per heavy atom. The molecule has 2 rings (SSSR count). The molecule has 1 heterocycles. The van der Waals surface area contributed by atoms with Crippen LogP contribution in [0.1, 0.15) is 9.80 Å². The normalized spacial score (nSPS) is 10.1. The molecule has 1 aromatic heterocycles. The fourth-order valence-corrected chi connectivity index (χ4v) is 1.74. The summed E-state index contributed by atoms with van der Waals surface area (Å²) >= 11 is 6.52. The molecule has 0 aliphatic heterocycles. The first-order valence-electron chi connectivity index (χ1n) is 4.21. The summed E-state index contributed by atoms with van der Waals surface area (Å²) in [5.41, 5.74) is 0.484. The van der Waals surface area contributed by atoms with Crippen LogP contribution in [-0.2, 0) is 0 Å². The van der Waals surface area contributed by atoms with Crippen LogP contribution >= 0.6 is 22.9 Å². The molecule has 0 saturated carbocycles. The number of nitrogens with one attached hydrogen (secondary N) is 1. The first-order chi connectivity index (χ1) is 7.65. The fraction of sp³-hybridized carbons (Fsp3) is 0. The van der Waals surface area contributed by atoms with E-state index in [0.717, 1.165) is 11.3 Å². The van der Waals surface area contributed by atoms with Gasteiger partial charge in [0.05, 0.1) is 0 Å². The SMILES string of the molecule is O=C(Nc1ccc(F)cc1)c1nnc(Cl)s1. The average molecular weight is 258 g/mol. The number of aromatic nitrogens is 2. The molecule has 0 radical (unpaired) electrons. The lowest BCUT2D eigenvalue weighted by atomic mass is 10.3. The van der Waals surface area contributed by atoms with Crippen molar-refractivity contribution in [3.8, 4) is 0 Å². The third-order valence-electron chi connectivity index (χ3n) is 1.70. The predicted octanol–water partition coefficient (Wildman–Crippen LogP) is 2.58. The first kappa shape index (κ1) is 11.0. The molecular formula is C9H5ClFN3OS. The Labute approximate surface area is 99.1 Å². The highest BCUT2D eigenvalue weighted by Crippen LogP contribution is 2.16. The highest BCUT2D eigenvalue weighted by molar-refractivity contribution is 7.17. The number of benzene rings is 1. The van der Waals surface area contributed by atoms with Crippen molar-refractivity contribution in [1.82, 2.24) is 10.2 Å². The molecule has 0 unspecified atom stereocenters. The predicted molar refractivity (Wildman–Crippen MR) is 59.3 cm³/mol. The summed E-state index contributed by atoms with van der Waals surface area (Å²) in [6, 6.07) is 5.41. The third kappa shape index (κ3) is 2.53. The highest BCUT2D eigenvalue weighted by Gasteiger charge is 2.11. The van der Waals surface area contributed by atoms with Crippen molar-refractivity contribution in [2.24, 2.45) is 0 Å². The molecule has 0 fully saturated rings. The highest BCUT2D eigenvalue weighted by atomic mass is 35.5. The van der Waals surface area contributed by atoms with Crippen molar-refractivity contribution in [3.05, 3.63) is 39.6 Å². The number of halogens is 2. The maximum atomic E-state index is 12.6. The van der Waals surface area contributed by atoms with Crippen LogP contribution in [0.2, 0.25) is 4.47 Å². The van der Waals surface area contributed by atoms with Crippen LogP contribution in [0.5, 0.6) is 0 Å². The molecule has 82 valence electrons. The fourth-order valence-electron chi connectivity index (χ4n) is 1.01. The van der Waals surface area contributed by atoms with E-state index in [4.69, 9.17) is 11.6 Å². The molecule has 0 spiro atoms. The van der Waals surface area contributed by atoms with Crippen molar-refractivity contribution in [2.45, 2.75) is 0 Å². The molecule has 0 saturated heterocycles. The minimum absolute atomic E-state index is 0.161. The summed E-state index contributed by atoms with van der Waals surface area (Å²) in [6.07, 6.45) is 0. The minimum Gasteiger partial charge on any atom is -0.320 e. The van der Waals surface area contributed by atoms with E-state index < -0.39 is 5.91 Å². The molecule has 0 bridgehead atoms. The monoisotopic (exact) mass is 257 g/mol. The molecule has 0 aliphatic rings. The third-order valence-corrected chi connectivity index (χ3v) is 2.71. The standard InChI is InChI=1S/C9H5ClFN3OS/c10-9-14-13-8(16-9)7(15)12-6-3-1-5(11)2-4-6/h1-4H,(H,12,15). The van der Waals surface area contributed by atoms with Gasteiger partial charge in [0, 0.05) is 5.69 Å². The lowest BCUT2D eigenvalue weighted by Crippen LogP contribution is -2.11. The van der Waals surface area contributed by atoms with Crippen LogP contribution in [0, 0.1) is 5.82 Å². The van der Waals surface area contributed by atoms with Gasteiger partial charge in [-0.2, -0.15) is 0 Å². The molecule has 1 amide bonds. The number of hydrogen-bond acceptors (Lipinski definition) is 4. The van der Waals surface area contributed by atoms with Crippen LogP contribution in [0.3, 0.4) is 0 Å². The van der Waals surface area contributed by atoms with Gasteiger partial charge >= 0.3 is 0 Å². The number of carbonyl (C=O) groups excluding carboxylic acids is 1. The van der Waals surface area contributed by atoms with Crippen LogP contribution in [0.4, 0.5) is 10.1 Å². The molecule has 16 heavy (non-hydrogen) atoms. The van der Waals surface area contributed by atoms with Crippen LogP contribution < -0.4 is 5.32 Å². The van der Waals surface area contributed by atoms with Gasteiger partial charge < -0.3 is 5.32 Å². The molecule has 0 atom stereocenters. The van der Waals surface area contributed by atoms with E-state index in [1.807, 2.05) is 0 Å². The lowest BCUT2D eigenvalue weighted by molar-refractivity contribution is 0.102. The molecule has 4 nitrogen and oxygen atoms in total. The Bertz CT molecular complexity index is 514. The summed E-state index contributed by atoms with van der Waals surface area (Å²) in [4.78, 5) is 11.6. The number of nitrogens with zero attached hydrogens (tertiary/aromatic N) is 2. The van der Waals surface area contributed by atoms with Gasteiger partial charge in [-0.3, -0.25) is 4.79 Å².